The number of carbonyl (C=O) groups excluding carboxylic acids is 2. The van der Waals surface area contributed by atoms with Crippen LogP contribution in [0, 0.1) is 11.3 Å². The van der Waals surface area contributed by atoms with Crippen molar-refractivity contribution in [1.82, 2.24) is 0 Å². The lowest BCUT2D eigenvalue weighted by Crippen LogP contribution is -2.30. The second-order valence-corrected chi connectivity index (χ2v) is 6.42. The molecular formula is C21H20N2O3. The lowest BCUT2D eigenvalue weighted by atomic mass is 9.90. The molecule has 26 heavy (non-hydrogen) atoms. The maximum absolute atomic E-state index is 12.3. The van der Waals surface area contributed by atoms with E-state index < -0.39 is 18.0 Å². The van der Waals surface area contributed by atoms with Crippen molar-refractivity contribution in [3.63, 3.8) is 0 Å². The molecule has 1 amide bonds. The summed E-state index contributed by atoms with van der Waals surface area (Å²) >= 11 is 0. The van der Waals surface area contributed by atoms with E-state index in [9.17, 15) is 9.59 Å². The Labute approximate surface area is 152 Å². The van der Waals surface area contributed by atoms with Gasteiger partial charge in [-0.2, -0.15) is 5.26 Å². The number of carbonyl (C=O) groups is 2. The maximum atomic E-state index is 12.3. The summed E-state index contributed by atoms with van der Waals surface area (Å²) in [6, 6.07) is 14.1. The molecule has 1 aliphatic carbocycles. The first-order valence-corrected chi connectivity index (χ1v) is 8.70. The largest absolute Gasteiger partial charge is 0.449 e. The zero-order valence-electron chi connectivity index (χ0n) is 14.6. The normalized spacial score (nSPS) is 13.8. The first kappa shape index (κ1) is 17.7. The van der Waals surface area contributed by atoms with Crippen molar-refractivity contribution in [2.75, 3.05) is 5.32 Å². The summed E-state index contributed by atoms with van der Waals surface area (Å²) in [5.41, 5.74) is 4.02. The maximum Gasteiger partial charge on any atom is 0.338 e. The van der Waals surface area contributed by atoms with Gasteiger partial charge in [0.2, 0.25) is 0 Å². The van der Waals surface area contributed by atoms with Crippen LogP contribution < -0.4 is 5.32 Å². The predicted molar refractivity (Wildman–Crippen MR) is 97.7 cm³/mol. The second-order valence-electron chi connectivity index (χ2n) is 6.42. The third-order valence-corrected chi connectivity index (χ3v) is 4.52. The van der Waals surface area contributed by atoms with Gasteiger partial charge in [0.25, 0.3) is 5.91 Å². The SMILES string of the molecule is C[C@H](OC(=O)c1ccc2c(c1)CCCC2)C(=O)Nc1ccc(C#N)cc1. The number of fused-ring (bicyclic) bond motifs is 1. The number of anilines is 1. The van der Waals surface area contributed by atoms with Gasteiger partial charge in [0.1, 0.15) is 0 Å². The Hall–Kier alpha value is -3.13. The first-order chi connectivity index (χ1) is 12.6. The summed E-state index contributed by atoms with van der Waals surface area (Å²) in [5.74, 6) is -0.915. The third kappa shape index (κ3) is 4.09. The lowest BCUT2D eigenvalue weighted by Gasteiger charge is -2.17. The molecule has 0 bridgehead atoms. The Kier molecular flexibility index (Phi) is 5.33. The average molecular weight is 348 g/mol. The molecular weight excluding hydrogens is 328 g/mol. The number of rotatable bonds is 4. The van der Waals surface area contributed by atoms with Crippen LogP contribution in [-0.2, 0) is 22.4 Å². The van der Waals surface area contributed by atoms with Gasteiger partial charge in [-0.3, -0.25) is 4.79 Å². The average Bonchev–Trinajstić information content (AvgIpc) is 2.68. The molecule has 5 nitrogen and oxygen atoms in total. The van der Waals surface area contributed by atoms with Crippen molar-refractivity contribution < 1.29 is 14.3 Å². The van der Waals surface area contributed by atoms with Crippen LogP contribution in [0.5, 0.6) is 0 Å². The number of amides is 1. The van der Waals surface area contributed by atoms with Crippen LogP contribution in [0.2, 0.25) is 0 Å². The van der Waals surface area contributed by atoms with Crippen LogP contribution in [0.25, 0.3) is 0 Å². The second kappa shape index (κ2) is 7.83. The van der Waals surface area contributed by atoms with Crippen LogP contribution in [0.4, 0.5) is 5.69 Å². The monoisotopic (exact) mass is 348 g/mol. The van der Waals surface area contributed by atoms with Gasteiger partial charge >= 0.3 is 5.97 Å². The molecule has 132 valence electrons. The quantitative estimate of drug-likeness (QED) is 0.856. The van der Waals surface area contributed by atoms with E-state index in [4.69, 9.17) is 10.00 Å². The van der Waals surface area contributed by atoms with E-state index in [-0.39, 0.29) is 0 Å². The van der Waals surface area contributed by atoms with Gasteiger partial charge in [-0.05, 0) is 80.1 Å². The van der Waals surface area contributed by atoms with Crippen LogP contribution >= 0.6 is 0 Å². The Morgan fingerprint density at radius 3 is 2.46 bits per heavy atom. The molecule has 0 radical (unpaired) electrons. The van der Waals surface area contributed by atoms with Gasteiger partial charge in [-0.25, -0.2) is 4.79 Å². The standard InChI is InChI=1S/C21H20N2O3/c1-14(20(24)23-19-10-6-15(13-22)7-11-19)26-21(25)18-9-8-16-4-2-3-5-17(16)12-18/h6-12,14H,2-5H2,1H3,(H,23,24)/t14-/m0/s1. The molecule has 2 aromatic rings. The number of hydrogen-bond donors (Lipinski definition) is 1. The summed E-state index contributed by atoms with van der Waals surface area (Å²) in [6.45, 7) is 1.54. The number of aryl methyl sites for hydroxylation is 2. The highest BCUT2D eigenvalue weighted by Crippen LogP contribution is 2.22. The summed E-state index contributed by atoms with van der Waals surface area (Å²) in [7, 11) is 0. The minimum Gasteiger partial charge on any atom is -0.449 e. The van der Waals surface area contributed by atoms with E-state index in [0.717, 1.165) is 19.3 Å². The third-order valence-electron chi connectivity index (χ3n) is 4.52. The number of ether oxygens (including phenoxy) is 1. The minimum absolute atomic E-state index is 0.416. The summed E-state index contributed by atoms with van der Waals surface area (Å²) < 4.78 is 5.30. The number of nitrogens with zero attached hydrogens (tertiary/aromatic N) is 1. The van der Waals surface area contributed by atoms with Crippen molar-refractivity contribution in [3.8, 4) is 6.07 Å². The fraction of sp³-hybridized carbons (Fsp3) is 0.286. The molecule has 0 aliphatic heterocycles. The molecule has 1 atom stereocenters. The highest BCUT2D eigenvalue weighted by molar-refractivity contribution is 5.97. The molecule has 0 unspecified atom stereocenters. The summed E-state index contributed by atoms with van der Waals surface area (Å²) in [4.78, 5) is 24.6. The van der Waals surface area contributed by atoms with Crippen molar-refractivity contribution in [2.24, 2.45) is 0 Å². The van der Waals surface area contributed by atoms with Crippen molar-refractivity contribution in [3.05, 3.63) is 64.7 Å². The van der Waals surface area contributed by atoms with Crippen LogP contribution in [0.3, 0.4) is 0 Å². The predicted octanol–water partition coefficient (Wildman–Crippen LogP) is 3.62. The van der Waals surface area contributed by atoms with E-state index in [0.29, 0.717) is 16.8 Å². The Balaban J connectivity index is 1.61. The highest BCUT2D eigenvalue weighted by Gasteiger charge is 2.20. The minimum atomic E-state index is -0.922. The fourth-order valence-corrected chi connectivity index (χ4v) is 3.01. The van der Waals surface area contributed by atoms with Gasteiger partial charge < -0.3 is 10.1 Å². The van der Waals surface area contributed by atoms with Crippen LogP contribution in [0.1, 0.15) is 46.8 Å². The zero-order valence-corrected chi connectivity index (χ0v) is 14.6. The van der Waals surface area contributed by atoms with E-state index in [1.54, 1.807) is 30.3 Å². The topological polar surface area (TPSA) is 79.2 Å². The van der Waals surface area contributed by atoms with Gasteiger partial charge in [-0.15, -0.1) is 0 Å². The van der Waals surface area contributed by atoms with Crippen molar-refractivity contribution in [1.29, 1.82) is 5.26 Å². The fourth-order valence-electron chi connectivity index (χ4n) is 3.01. The molecule has 3 rings (SSSR count). The molecule has 0 heterocycles. The molecule has 0 saturated heterocycles. The number of esters is 1. The van der Waals surface area contributed by atoms with Gasteiger partial charge in [0.05, 0.1) is 17.2 Å². The Morgan fingerprint density at radius 1 is 1.08 bits per heavy atom. The lowest BCUT2D eigenvalue weighted by molar-refractivity contribution is -0.123. The van der Waals surface area contributed by atoms with E-state index in [2.05, 4.69) is 5.32 Å². The highest BCUT2D eigenvalue weighted by atomic mass is 16.5. The molecule has 0 saturated carbocycles. The molecule has 5 heteroatoms. The van der Waals surface area contributed by atoms with Gasteiger partial charge in [0, 0.05) is 5.69 Å². The van der Waals surface area contributed by atoms with E-state index >= 15 is 0 Å². The number of nitrogens with one attached hydrogen (secondary N) is 1. The van der Waals surface area contributed by atoms with Gasteiger partial charge in [-0.1, -0.05) is 6.07 Å². The van der Waals surface area contributed by atoms with Crippen LogP contribution in [-0.4, -0.2) is 18.0 Å². The molecule has 0 aromatic heterocycles. The number of hydrogen-bond acceptors (Lipinski definition) is 4. The molecule has 2 aromatic carbocycles. The van der Waals surface area contributed by atoms with Gasteiger partial charge in [0.15, 0.2) is 6.10 Å². The van der Waals surface area contributed by atoms with Crippen molar-refractivity contribution >= 4 is 17.6 Å². The molecule has 0 fully saturated rings. The summed E-state index contributed by atoms with van der Waals surface area (Å²) in [5, 5.41) is 11.5. The number of nitriles is 1. The molecule has 1 aliphatic rings. The number of benzene rings is 2. The smallest absolute Gasteiger partial charge is 0.338 e. The Bertz CT molecular complexity index is 866. The summed E-state index contributed by atoms with van der Waals surface area (Å²) in [6.07, 6.45) is 3.42. The van der Waals surface area contributed by atoms with Crippen LogP contribution in [0.15, 0.2) is 42.5 Å². The van der Waals surface area contributed by atoms with E-state index in [1.807, 2.05) is 18.2 Å². The molecule has 0 spiro atoms. The van der Waals surface area contributed by atoms with Crippen molar-refractivity contribution in [2.45, 2.75) is 38.7 Å². The van der Waals surface area contributed by atoms with E-state index in [1.165, 1.54) is 24.5 Å². The zero-order chi connectivity index (χ0) is 18.5. The first-order valence-electron chi connectivity index (χ1n) is 8.70. The Morgan fingerprint density at radius 2 is 1.77 bits per heavy atom. The molecule has 1 N–H and O–H groups in total.